The van der Waals surface area contributed by atoms with Crippen LogP contribution in [-0.2, 0) is 23.4 Å². The number of hydrogen-bond acceptors (Lipinski definition) is 9. The van der Waals surface area contributed by atoms with Gasteiger partial charge in [-0.3, -0.25) is 13.9 Å². The number of halogens is 1. The molecule has 6 atom stereocenters. The average Bonchev–Trinajstić information content (AvgIpc) is 3.25. The maximum absolute atomic E-state index is 15.8. The van der Waals surface area contributed by atoms with E-state index in [4.69, 9.17) is 19.7 Å². The molecule has 190 valence electrons. The first kappa shape index (κ1) is 26.5. The summed E-state index contributed by atoms with van der Waals surface area (Å²) in [6.45, 7) is 11.5. The van der Waals surface area contributed by atoms with E-state index in [1.807, 2.05) is 6.92 Å². The summed E-state index contributed by atoms with van der Waals surface area (Å²) < 4.78 is 47.1. The number of hydrogen-bond donors (Lipinski definition) is 2. The first-order valence-corrected chi connectivity index (χ1v) is 13.3. The lowest BCUT2D eigenvalue weighted by Gasteiger charge is -2.30. The van der Waals surface area contributed by atoms with Crippen LogP contribution in [0.1, 0.15) is 53.1 Å². The molecular weight excluding hydrogens is 466 g/mol. The van der Waals surface area contributed by atoms with Gasteiger partial charge in [0.05, 0.1) is 25.1 Å². The molecule has 2 aromatic heterocycles. The molecule has 0 amide bonds. The third-order valence-electron chi connectivity index (χ3n) is 6.12. The van der Waals surface area contributed by atoms with Crippen LogP contribution >= 0.6 is 7.52 Å². The SMILES string of the molecule is CC[C@]1(C)C(F)[C@H](n2cnc3c(N)nc(C)nc32)O[C@@H]1COP(C)(=O)N[C@@H](C)C(=O)OC(C)C. The molecular formula is C21H34FN6O5P. The first-order valence-electron chi connectivity index (χ1n) is 11.3. The van der Waals surface area contributed by atoms with Gasteiger partial charge in [0, 0.05) is 12.1 Å². The van der Waals surface area contributed by atoms with E-state index in [1.54, 1.807) is 34.6 Å². The number of nitrogens with zero attached hydrogens (tertiary/aromatic N) is 4. The van der Waals surface area contributed by atoms with Gasteiger partial charge in [0.1, 0.15) is 17.4 Å². The van der Waals surface area contributed by atoms with E-state index >= 15 is 4.39 Å². The van der Waals surface area contributed by atoms with Crippen LogP contribution in [0.5, 0.6) is 0 Å². The number of carbonyl (C=O) groups excluding carboxylic acids is 1. The first-order chi connectivity index (χ1) is 15.8. The fraction of sp³-hybridized carbons (Fsp3) is 0.714. The van der Waals surface area contributed by atoms with Crippen LogP contribution in [0.3, 0.4) is 0 Å². The van der Waals surface area contributed by atoms with E-state index in [1.165, 1.54) is 17.6 Å². The topological polar surface area (TPSA) is 143 Å². The van der Waals surface area contributed by atoms with E-state index in [0.717, 1.165) is 0 Å². The molecule has 0 bridgehead atoms. The van der Waals surface area contributed by atoms with Crippen molar-refractivity contribution >= 4 is 30.5 Å². The summed E-state index contributed by atoms with van der Waals surface area (Å²) in [5.41, 5.74) is 5.75. The molecule has 0 saturated carbocycles. The zero-order valence-corrected chi connectivity index (χ0v) is 21.5. The molecule has 34 heavy (non-hydrogen) atoms. The lowest BCUT2D eigenvalue weighted by Crippen LogP contribution is -2.38. The Morgan fingerprint density at radius 1 is 1.41 bits per heavy atom. The summed E-state index contributed by atoms with van der Waals surface area (Å²) in [6.07, 6.45) is -1.60. The molecule has 3 N–H and O–H groups in total. The number of alkyl halides is 1. The number of nitrogen functional groups attached to an aromatic ring is 1. The van der Waals surface area contributed by atoms with E-state index in [0.29, 0.717) is 23.4 Å². The number of aryl methyl sites for hydroxylation is 1. The van der Waals surface area contributed by atoms with Crippen molar-refractivity contribution in [2.24, 2.45) is 5.41 Å². The predicted molar refractivity (Wildman–Crippen MR) is 125 cm³/mol. The Kier molecular flexibility index (Phi) is 7.66. The predicted octanol–water partition coefficient (Wildman–Crippen LogP) is 3.14. The minimum Gasteiger partial charge on any atom is -0.462 e. The molecule has 0 spiro atoms. The molecule has 11 nitrogen and oxygen atoms in total. The number of nitrogens with one attached hydrogen (secondary N) is 1. The summed E-state index contributed by atoms with van der Waals surface area (Å²) in [4.78, 5) is 24.7. The van der Waals surface area contributed by atoms with Crippen molar-refractivity contribution in [1.82, 2.24) is 24.6 Å². The van der Waals surface area contributed by atoms with Gasteiger partial charge < -0.3 is 19.7 Å². The van der Waals surface area contributed by atoms with Crippen LogP contribution in [0.25, 0.3) is 11.2 Å². The maximum atomic E-state index is 15.8. The van der Waals surface area contributed by atoms with Gasteiger partial charge in [-0.2, -0.15) is 0 Å². The summed E-state index contributed by atoms with van der Waals surface area (Å²) in [5, 5.41) is 2.68. The van der Waals surface area contributed by atoms with Crippen molar-refractivity contribution in [3.63, 3.8) is 0 Å². The number of fused-ring (bicyclic) bond motifs is 1. The molecule has 2 unspecified atom stereocenters. The Hall–Kier alpha value is -2.14. The van der Waals surface area contributed by atoms with Crippen molar-refractivity contribution in [3.8, 4) is 0 Å². The zero-order chi connectivity index (χ0) is 25.4. The molecule has 0 aromatic carbocycles. The Balaban J connectivity index is 1.77. The van der Waals surface area contributed by atoms with Crippen LogP contribution in [0.4, 0.5) is 10.2 Å². The number of carbonyl (C=O) groups is 1. The van der Waals surface area contributed by atoms with Crippen molar-refractivity contribution in [1.29, 1.82) is 0 Å². The summed E-state index contributed by atoms with van der Waals surface area (Å²) in [7, 11) is -3.43. The van der Waals surface area contributed by atoms with Gasteiger partial charge in [0.15, 0.2) is 23.9 Å². The highest BCUT2D eigenvalue weighted by atomic mass is 31.2. The Labute approximate surface area is 198 Å². The molecule has 1 fully saturated rings. The van der Waals surface area contributed by atoms with Gasteiger partial charge in [-0.1, -0.05) is 13.8 Å². The second-order valence-electron chi connectivity index (χ2n) is 9.23. The quantitative estimate of drug-likeness (QED) is 0.389. The molecule has 0 aliphatic carbocycles. The van der Waals surface area contributed by atoms with Crippen molar-refractivity contribution in [2.75, 3.05) is 19.0 Å². The molecule has 13 heteroatoms. The van der Waals surface area contributed by atoms with Gasteiger partial charge in [-0.25, -0.2) is 24.4 Å². The van der Waals surface area contributed by atoms with Crippen molar-refractivity contribution in [2.45, 2.75) is 78.6 Å². The minimum absolute atomic E-state index is 0.142. The largest absolute Gasteiger partial charge is 0.462 e. The van der Waals surface area contributed by atoms with E-state index in [9.17, 15) is 9.36 Å². The molecule has 1 saturated heterocycles. The fourth-order valence-corrected chi connectivity index (χ4v) is 5.28. The maximum Gasteiger partial charge on any atom is 0.323 e. The number of anilines is 1. The lowest BCUT2D eigenvalue weighted by molar-refractivity contribution is -0.149. The summed E-state index contributed by atoms with van der Waals surface area (Å²) in [6, 6.07) is -0.840. The van der Waals surface area contributed by atoms with Crippen LogP contribution in [0, 0.1) is 12.3 Å². The highest BCUT2D eigenvalue weighted by Crippen LogP contribution is 2.50. The number of nitrogens with two attached hydrogens (primary N) is 1. The summed E-state index contributed by atoms with van der Waals surface area (Å²) in [5.74, 6) is 0.0981. The molecule has 3 rings (SSSR count). The van der Waals surface area contributed by atoms with Crippen LogP contribution in [-0.4, -0.2) is 63.2 Å². The third-order valence-corrected chi connectivity index (χ3v) is 7.62. The number of imidazole rings is 1. The monoisotopic (exact) mass is 500 g/mol. The summed E-state index contributed by atoms with van der Waals surface area (Å²) >= 11 is 0. The smallest absolute Gasteiger partial charge is 0.323 e. The second-order valence-corrected chi connectivity index (χ2v) is 11.4. The van der Waals surface area contributed by atoms with E-state index in [-0.39, 0.29) is 18.5 Å². The van der Waals surface area contributed by atoms with Crippen molar-refractivity contribution in [3.05, 3.63) is 12.2 Å². The number of ether oxygens (including phenoxy) is 2. The Morgan fingerprint density at radius 3 is 2.71 bits per heavy atom. The minimum atomic E-state index is -3.43. The fourth-order valence-electron chi connectivity index (χ4n) is 3.98. The third kappa shape index (κ3) is 5.25. The Bertz CT molecular complexity index is 1100. The molecule has 0 radical (unpaired) electrons. The highest BCUT2D eigenvalue weighted by molar-refractivity contribution is 7.56. The van der Waals surface area contributed by atoms with Gasteiger partial charge in [-0.15, -0.1) is 0 Å². The molecule has 2 aromatic rings. The standard InChI is InChI=1S/C21H34FN6O5P/c1-8-21(6)14(9-31-34(7,30)27-12(4)20(29)32-11(2)3)33-19(16(21)22)28-10-24-15-17(23)25-13(5)26-18(15)28/h10-12,14,16,19H,8-9H2,1-7H3,(H,27,30)(H2,23,25,26)/t12-,14+,16?,19+,21-,34?/m0/s1. The van der Waals surface area contributed by atoms with Gasteiger partial charge >= 0.3 is 5.97 Å². The van der Waals surface area contributed by atoms with Crippen LogP contribution in [0.2, 0.25) is 0 Å². The van der Waals surface area contributed by atoms with Gasteiger partial charge in [0.25, 0.3) is 7.52 Å². The second kappa shape index (κ2) is 9.85. The average molecular weight is 501 g/mol. The zero-order valence-electron chi connectivity index (χ0n) is 20.6. The van der Waals surface area contributed by atoms with Gasteiger partial charge in [-0.05, 0) is 34.1 Å². The van der Waals surface area contributed by atoms with Crippen LogP contribution in [0.15, 0.2) is 6.33 Å². The highest BCUT2D eigenvalue weighted by Gasteiger charge is 2.54. The van der Waals surface area contributed by atoms with E-state index < -0.39 is 43.4 Å². The molecule has 1 aliphatic rings. The molecule has 3 heterocycles. The number of esters is 1. The van der Waals surface area contributed by atoms with Crippen molar-refractivity contribution < 1.29 is 27.7 Å². The normalized spacial score (nSPS) is 27.7. The van der Waals surface area contributed by atoms with Crippen LogP contribution < -0.4 is 10.8 Å². The van der Waals surface area contributed by atoms with Gasteiger partial charge in [0.2, 0.25) is 0 Å². The lowest BCUT2D eigenvalue weighted by atomic mass is 9.79. The number of rotatable bonds is 9. The number of aromatic nitrogens is 4. The van der Waals surface area contributed by atoms with E-state index in [2.05, 4.69) is 20.0 Å². The Morgan fingerprint density at radius 2 is 2.09 bits per heavy atom. The molecule has 1 aliphatic heterocycles.